The SMILES string of the molecule is CN=C(NCC1CCCOC1c1ccc(C)cc1)N(C)Cc1cnn(-c2ccccc2)c1.I. The van der Waals surface area contributed by atoms with Gasteiger partial charge in [0.2, 0.25) is 0 Å². The Kier molecular flexibility index (Phi) is 9.31. The van der Waals surface area contributed by atoms with Gasteiger partial charge in [-0.05, 0) is 37.5 Å². The molecule has 1 saturated heterocycles. The number of benzene rings is 2. The number of aliphatic imine (C=N–C) groups is 1. The lowest BCUT2D eigenvalue weighted by Crippen LogP contribution is -2.42. The Morgan fingerprint density at radius 3 is 2.67 bits per heavy atom. The molecule has 1 aliphatic rings. The van der Waals surface area contributed by atoms with E-state index in [2.05, 4.69) is 76.9 Å². The number of aromatic nitrogens is 2. The topological polar surface area (TPSA) is 54.7 Å². The monoisotopic (exact) mass is 559 g/mol. The van der Waals surface area contributed by atoms with Gasteiger partial charge in [-0.25, -0.2) is 4.68 Å². The highest BCUT2D eigenvalue weighted by molar-refractivity contribution is 14.0. The third kappa shape index (κ3) is 6.57. The summed E-state index contributed by atoms with van der Waals surface area (Å²) in [4.78, 5) is 6.64. The number of hydrogen-bond acceptors (Lipinski definition) is 3. The van der Waals surface area contributed by atoms with Crippen molar-refractivity contribution < 1.29 is 4.74 Å². The Hall–Kier alpha value is -2.39. The third-order valence-electron chi connectivity index (χ3n) is 6.02. The standard InChI is InChI=1S/C26H33N5O.HI/c1-20-11-13-22(14-12-20)25-23(8-7-15-32-25)17-28-26(27-2)30(3)18-21-16-29-31(19-21)24-9-5-4-6-10-24;/h4-6,9-14,16,19,23,25H,7-8,15,17-18H2,1-3H3,(H,27,28);1H. The van der Waals surface area contributed by atoms with Gasteiger partial charge in [-0.2, -0.15) is 5.10 Å². The van der Waals surface area contributed by atoms with Crippen molar-refractivity contribution in [2.45, 2.75) is 32.4 Å². The van der Waals surface area contributed by atoms with Crippen LogP contribution in [0.15, 0.2) is 72.0 Å². The van der Waals surface area contributed by atoms with E-state index < -0.39 is 0 Å². The van der Waals surface area contributed by atoms with E-state index >= 15 is 0 Å². The van der Waals surface area contributed by atoms with E-state index in [1.165, 1.54) is 11.1 Å². The number of hydrogen-bond donors (Lipinski definition) is 1. The first kappa shape index (κ1) is 25.2. The first-order valence-electron chi connectivity index (χ1n) is 11.3. The quantitative estimate of drug-likeness (QED) is 0.263. The van der Waals surface area contributed by atoms with Crippen molar-refractivity contribution in [2.24, 2.45) is 10.9 Å². The molecular formula is C26H34IN5O. The fourth-order valence-corrected chi connectivity index (χ4v) is 4.30. The number of para-hydroxylation sites is 1. The molecule has 2 heterocycles. The van der Waals surface area contributed by atoms with Gasteiger partial charge in [-0.15, -0.1) is 24.0 Å². The van der Waals surface area contributed by atoms with Crippen molar-refractivity contribution in [3.8, 4) is 5.69 Å². The molecule has 7 heteroatoms. The molecule has 2 aromatic carbocycles. The van der Waals surface area contributed by atoms with Crippen LogP contribution in [0.2, 0.25) is 0 Å². The zero-order valence-corrected chi connectivity index (χ0v) is 22.0. The molecule has 0 bridgehead atoms. The zero-order valence-electron chi connectivity index (χ0n) is 19.6. The fraction of sp³-hybridized carbons (Fsp3) is 0.385. The molecule has 1 fully saturated rings. The summed E-state index contributed by atoms with van der Waals surface area (Å²) in [6.45, 7) is 4.51. The van der Waals surface area contributed by atoms with Gasteiger partial charge >= 0.3 is 0 Å². The van der Waals surface area contributed by atoms with Gasteiger partial charge in [0.15, 0.2) is 5.96 Å². The van der Waals surface area contributed by atoms with E-state index in [9.17, 15) is 0 Å². The second-order valence-corrected chi connectivity index (χ2v) is 8.52. The summed E-state index contributed by atoms with van der Waals surface area (Å²) in [7, 11) is 3.89. The maximum absolute atomic E-state index is 6.18. The summed E-state index contributed by atoms with van der Waals surface area (Å²) in [6.07, 6.45) is 6.36. The maximum atomic E-state index is 6.18. The Balaban J connectivity index is 0.00000306. The lowest BCUT2D eigenvalue weighted by Gasteiger charge is -2.33. The first-order chi connectivity index (χ1) is 15.6. The Labute approximate surface area is 214 Å². The molecule has 33 heavy (non-hydrogen) atoms. The van der Waals surface area contributed by atoms with Crippen molar-refractivity contribution in [3.05, 3.63) is 83.7 Å². The molecule has 0 aliphatic carbocycles. The second-order valence-electron chi connectivity index (χ2n) is 8.52. The van der Waals surface area contributed by atoms with Gasteiger partial charge in [0.05, 0.1) is 18.0 Å². The highest BCUT2D eigenvalue weighted by Gasteiger charge is 2.27. The van der Waals surface area contributed by atoms with Crippen LogP contribution in [0.25, 0.3) is 5.69 Å². The zero-order chi connectivity index (χ0) is 22.3. The minimum Gasteiger partial charge on any atom is -0.373 e. The summed E-state index contributed by atoms with van der Waals surface area (Å²) < 4.78 is 8.09. The predicted octanol–water partition coefficient (Wildman–Crippen LogP) is 4.97. The fourth-order valence-electron chi connectivity index (χ4n) is 4.30. The molecule has 2 atom stereocenters. The second kappa shape index (κ2) is 12.2. The van der Waals surface area contributed by atoms with Crippen LogP contribution in [0.5, 0.6) is 0 Å². The van der Waals surface area contributed by atoms with Gasteiger partial charge in [-0.3, -0.25) is 4.99 Å². The Bertz CT molecular complexity index is 1020. The number of aryl methyl sites for hydroxylation is 1. The van der Waals surface area contributed by atoms with Gasteiger partial charge < -0.3 is 15.0 Å². The number of nitrogens with zero attached hydrogens (tertiary/aromatic N) is 4. The average Bonchev–Trinajstić information content (AvgIpc) is 3.29. The van der Waals surface area contributed by atoms with Gasteiger partial charge in [0, 0.05) is 51.5 Å². The van der Waals surface area contributed by atoms with Crippen molar-refractivity contribution in [3.63, 3.8) is 0 Å². The van der Waals surface area contributed by atoms with Gasteiger partial charge in [-0.1, -0.05) is 48.0 Å². The predicted molar refractivity (Wildman–Crippen MR) is 144 cm³/mol. The maximum Gasteiger partial charge on any atom is 0.193 e. The number of halogens is 1. The highest BCUT2D eigenvalue weighted by atomic mass is 127. The molecular weight excluding hydrogens is 525 g/mol. The van der Waals surface area contributed by atoms with Crippen LogP contribution < -0.4 is 5.32 Å². The van der Waals surface area contributed by atoms with Crippen molar-refractivity contribution in [1.29, 1.82) is 0 Å². The summed E-state index contributed by atoms with van der Waals surface area (Å²) in [6, 6.07) is 18.9. The highest BCUT2D eigenvalue weighted by Crippen LogP contribution is 2.33. The van der Waals surface area contributed by atoms with Crippen LogP contribution in [0.3, 0.4) is 0 Å². The van der Waals surface area contributed by atoms with Crippen molar-refractivity contribution >= 4 is 29.9 Å². The van der Waals surface area contributed by atoms with Crippen LogP contribution in [0.4, 0.5) is 0 Å². The van der Waals surface area contributed by atoms with E-state index in [-0.39, 0.29) is 30.1 Å². The number of rotatable bonds is 6. The molecule has 0 saturated carbocycles. The van der Waals surface area contributed by atoms with Crippen molar-refractivity contribution in [1.82, 2.24) is 20.0 Å². The number of ether oxygens (including phenoxy) is 1. The molecule has 1 aliphatic heterocycles. The van der Waals surface area contributed by atoms with Crippen LogP contribution in [0.1, 0.15) is 35.6 Å². The summed E-state index contributed by atoms with van der Waals surface area (Å²) >= 11 is 0. The molecule has 1 aromatic heterocycles. The average molecular weight is 559 g/mol. The minimum atomic E-state index is 0. The van der Waals surface area contributed by atoms with Crippen LogP contribution in [-0.2, 0) is 11.3 Å². The molecule has 0 amide bonds. The van der Waals surface area contributed by atoms with Crippen molar-refractivity contribution in [2.75, 3.05) is 27.2 Å². The summed E-state index contributed by atoms with van der Waals surface area (Å²) in [5.74, 6) is 1.29. The summed E-state index contributed by atoms with van der Waals surface area (Å²) in [5.41, 5.74) is 4.73. The van der Waals surface area contributed by atoms with Crippen LogP contribution >= 0.6 is 24.0 Å². The van der Waals surface area contributed by atoms with E-state index in [1.54, 1.807) is 0 Å². The largest absolute Gasteiger partial charge is 0.373 e. The van der Waals surface area contributed by atoms with Gasteiger partial charge in [0.25, 0.3) is 0 Å². The van der Waals surface area contributed by atoms with Gasteiger partial charge in [0.1, 0.15) is 0 Å². The minimum absolute atomic E-state index is 0. The lowest BCUT2D eigenvalue weighted by molar-refractivity contribution is -0.0266. The third-order valence-corrected chi connectivity index (χ3v) is 6.02. The van der Waals surface area contributed by atoms with Crippen LogP contribution in [0, 0.1) is 12.8 Å². The lowest BCUT2D eigenvalue weighted by atomic mass is 9.89. The van der Waals surface area contributed by atoms with E-state index in [4.69, 9.17) is 4.74 Å². The number of guanidine groups is 1. The molecule has 0 spiro atoms. The molecule has 2 unspecified atom stereocenters. The summed E-state index contributed by atoms with van der Waals surface area (Å²) in [5, 5.41) is 8.08. The molecule has 0 radical (unpaired) electrons. The molecule has 176 valence electrons. The smallest absolute Gasteiger partial charge is 0.193 e. The molecule has 6 nitrogen and oxygen atoms in total. The molecule has 3 aromatic rings. The van der Waals surface area contributed by atoms with E-state index in [0.29, 0.717) is 5.92 Å². The van der Waals surface area contributed by atoms with E-state index in [1.807, 2.05) is 36.1 Å². The molecule has 1 N–H and O–H groups in total. The Morgan fingerprint density at radius 1 is 1.18 bits per heavy atom. The normalized spacial score (nSPS) is 18.5. The first-order valence-corrected chi connectivity index (χ1v) is 11.3. The van der Waals surface area contributed by atoms with E-state index in [0.717, 1.165) is 49.7 Å². The number of nitrogens with one attached hydrogen (secondary N) is 1. The van der Waals surface area contributed by atoms with Crippen LogP contribution in [-0.4, -0.2) is 47.9 Å². The molecule has 4 rings (SSSR count). The Morgan fingerprint density at radius 2 is 1.94 bits per heavy atom.